The number of aryl methyl sites for hydroxylation is 1. The summed E-state index contributed by atoms with van der Waals surface area (Å²) in [4.78, 5) is 0. The molecule has 0 atom stereocenters. The van der Waals surface area contributed by atoms with Crippen LogP contribution in [0.5, 0.6) is 5.75 Å². The fourth-order valence-electron chi connectivity index (χ4n) is 2.77. The summed E-state index contributed by atoms with van der Waals surface area (Å²) in [6.07, 6.45) is 4.26. The van der Waals surface area contributed by atoms with E-state index in [0.29, 0.717) is 5.75 Å². The quantitative estimate of drug-likeness (QED) is 0.628. The highest BCUT2D eigenvalue weighted by atomic mass is 16.3. The second kappa shape index (κ2) is 6.47. The molecule has 0 radical (unpaired) electrons. The first-order valence-electron chi connectivity index (χ1n) is 8.61. The van der Waals surface area contributed by atoms with E-state index < -0.39 is 0 Å². The Morgan fingerprint density at radius 3 is 1.54 bits per heavy atom. The van der Waals surface area contributed by atoms with Gasteiger partial charge in [-0.15, -0.1) is 0 Å². The van der Waals surface area contributed by atoms with Crippen LogP contribution in [0.15, 0.2) is 36.4 Å². The SMILES string of the molecule is Cc1ccc(/C=C/c2cc(C(C)(C)C)c(O)c(C(C)(C)C)c2)cc1. The van der Waals surface area contributed by atoms with Crippen LogP contribution >= 0.6 is 0 Å². The first-order valence-corrected chi connectivity index (χ1v) is 8.61. The van der Waals surface area contributed by atoms with Crippen LogP contribution in [0.25, 0.3) is 12.2 Å². The fraction of sp³-hybridized carbons (Fsp3) is 0.391. The molecule has 128 valence electrons. The molecule has 0 aromatic heterocycles. The summed E-state index contributed by atoms with van der Waals surface area (Å²) in [5, 5.41) is 10.8. The Kier molecular flexibility index (Phi) is 4.94. The molecule has 0 aliphatic carbocycles. The maximum Gasteiger partial charge on any atom is 0.123 e. The Bertz CT molecular complexity index is 700. The van der Waals surface area contributed by atoms with Gasteiger partial charge in [0.1, 0.15) is 5.75 Å². The largest absolute Gasteiger partial charge is 0.507 e. The molecule has 1 heteroatoms. The lowest BCUT2D eigenvalue weighted by Gasteiger charge is -2.27. The van der Waals surface area contributed by atoms with Crippen molar-refractivity contribution in [2.75, 3.05) is 0 Å². The second-order valence-electron chi connectivity index (χ2n) is 8.71. The van der Waals surface area contributed by atoms with Gasteiger partial charge in [0.15, 0.2) is 0 Å². The molecule has 1 nitrogen and oxygen atoms in total. The molecule has 2 aromatic carbocycles. The summed E-state index contributed by atoms with van der Waals surface area (Å²) in [7, 11) is 0. The van der Waals surface area contributed by atoms with Gasteiger partial charge in [0.25, 0.3) is 0 Å². The lowest BCUT2D eigenvalue weighted by molar-refractivity contribution is 0.423. The Balaban J connectivity index is 2.52. The first-order chi connectivity index (χ1) is 11.0. The summed E-state index contributed by atoms with van der Waals surface area (Å²) >= 11 is 0. The van der Waals surface area contributed by atoms with E-state index in [-0.39, 0.29) is 10.8 Å². The van der Waals surface area contributed by atoms with Crippen molar-refractivity contribution < 1.29 is 5.11 Å². The summed E-state index contributed by atoms with van der Waals surface area (Å²) in [5.74, 6) is 0.433. The van der Waals surface area contributed by atoms with Crippen molar-refractivity contribution >= 4 is 12.2 Å². The van der Waals surface area contributed by atoms with Crippen molar-refractivity contribution in [2.24, 2.45) is 0 Å². The Labute approximate surface area is 147 Å². The minimum atomic E-state index is -0.0994. The van der Waals surface area contributed by atoms with E-state index in [1.54, 1.807) is 0 Å². The van der Waals surface area contributed by atoms with Gasteiger partial charge in [-0.1, -0.05) is 83.5 Å². The average Bonchev–Trinajstić information content (AvgIpc) is 2.45. The first kappa shape index (κ1) is 18.3. The molecule has 0 saturated heterocycles. The minimum absolute atomic E-state index is 0.0994. The monoisotopic (exact) mass is 322 g/mol. The molecular formula is C23H30O. The van der Waals surface area contributed by atoms with Gasteiger partial charge in [0.05, 0.1) is 0 Å². The lowest BCUT2D eigenvalue weighted by atomic mass is 9.78. The van der Waals surface area contributed by atoms with Crippen molar-refractivity contribution in [3.8, 4) is 5.75 Å². The van der Waals surface area contributed by atoms with Gasteiger partial charge in [0.2, 0.25) is 0 Å². The van der Waals surface area contributed by atoms with E-state index in [0.717, 1.165) is 16.7 Å². The zero-order valence-electron chi connectivity index (χ0n) is 16.1. The zero-order valence-corrected chi connectivity index (χ0v) is 16.1. The van der Waals surface area contributed by atoms with Crippen molar-refractivity contribution in [1.82, 2.24) is 0 Å². The summed E-state index contributed by atoms with van der Waals surface area (Å²) in [6.45, 7) is 14.9. The van der Waals surface area contributed by atoms with Crippen LogP contribution in [0.4, 0.5) is 0 Å². The van der Waals surface area contributed by atoms with Gasteiger partial charge in [-0.2, -0.15) is 0 Å². The van der Waals surface area contributed by atoms with Gasteiger partial charge in [-0.3, -0.25) is 0 Å². The van der Waals surface area contributed by atoms with Gasteiger partial charge in [-0.25, -0.2) is 0 Å². The van der Waals surface area contributed by atoms with Gasteiger partial charge in [-0.05, 0) is 41.0 Å². The van der Waals surface area contributed by atoms with Crippen LogP contribution in [-0.4, -0.2) is 5.11 Å². The van der Waals surface area contributed by atoms with E-state index in [9.17, 15) is 5.11 Å². The molecule has 0 aliphatic rings. The number of rotatable bonds is 2. The lowest BCUT2D eigenvalue weighted by Crippen LogP contribution is -2.17. The highest BCUT2D eigenvalue weighted by Crippen LogP contribution is 2.40. The maximum atomic E-state index is 10.8. The predicted molar refractivity (Wildman–Crippen MR) is 106 cm³/mol. The number of hydrogen-bond acceptors (Lipinski definition) is 1. The number of aromatic hydroxyl groups is 1. The smallest absolute Gasteiger partial charge is 0.123 e. The van der Waals surface area contributed by atoms with E-state index in [1.807, 2.05) is 0 Å². The molecule has 24 heavy (non-hydrogen) atoms. The third kappa shape index (κ3) is 4.29. The molecule has 0 spiro atoms. The van der Waals surface area contributed by atoms with Crippen molar-refractivity contribution in [2.45, 2.75) is 59.3 Å². The van der Waals surface area contributed by atoms with Crippen molar-refractivity contribution in [3.63, 3.8) is 0 Å². The van der Waals surface area contributed by atoms with Crippen molar-refractivity contribution in [3.05, 3.63) is 64.2 Å². The Morgan fingerprint density at radius 1 is 0.708 bits per heavy atom. The normalized spacial score (nSPS) is 12.8. The van der Waals surface area contributed by atoms with Gasteiger partial charge in [0, 0.05) is 11.1 Å². The maximum absolute atomic E-state index is 10.8. The fourth-order valence-corrected chi connectivity index (χ4v) is 2.77. The van der Waals surface area contributed by atoms with Gasteiger partial charge < -0.3 is 5.11 Å². The van der Waals surface area contributed by atoms with E-state index >= 15 is 0 Å². The third-order valence-electron chi connectivity index (χ3n) is 4.29. The average molecular weight is 322 g/mol. The molecule has 0 unspecified atom stereocenters. The summed E-state index contributed by atoms with van der Waals surface area (Å²) in [6, 6.07) is 12.7. The third-order valence-corrected chi connectivity index (χ3v) is 4.29. The molecule has 0 heterocycles. The van der Waals surface area contributed by atoms with Crippen LogP contribution in [0, 0.1) is 6.92 Å². The van der Waals surface area contributed by atoms with Gasteiger partial charge >= 0.3 is 0 Å². The topological polar surface area (TPSA) is 20.2 Å². The number of phenols is 1. The zero-order chi connectivity index (χ0) is 18.1. The highest BCUT2D eigenvalue weighted by Gasteiger charge is 2.26. The molecule has 2 aromatic rings. The Morgan fingerprint density at radius 2 is 1.12 bits per heavy atom. The molecule has 0 bridgehead atoms. The minimum Gasteiger partial charge on any atom is -0.507 e. The van der Waals surface area contributed by atoms with Crippen LogP contribution in [0.2, 0.25) is 0 Å². The molecule has 2 rings (SSSR count). The standard InChI is InChI=1S/C23H30O/c1-16-8-10-17(11-9-16)12-13-18-14-19(22(2,3)4)21(24)20(15-18)23(5,6)7/h8-15,24H,1-7H3/b13-12+. The second-order valence-corrected chi connectivity index (χ2v) is 8.71. The molecule has 0 fully saturated rings. The number of phenolic OH excluding ortho intramolecular Hbond substituents is 1. The summed E-state index contributed by atoms with van der Waals surface area (Å²) < 4.78 is 0. The van der Waals surface area contributed by atoms with Crippen LogP contribution < -0.4 is 0 Å². The summed E-state index contributed by atoms with van der Waals surface area (Å²) in [5.41, 5.74) is 5.38. The van der Waals surface area contributed by atoms with Crippen molar-refractivity contribution in [1.29, 1.82) is 0 Å². The molecule has 1 N–H and O–H groups in total. The van der Waals surface area contributed by atoms with E-state index in [1.165, 1.54) is 11.1 Å². The molecule has 0 saturated carbocycles. The predicted octanol–water partition coefficient (Wildman–Crippen LogP) is 6.47. The Hall–Kier alpha value is -2.02. The van der Waals surface area contributed by atoms with Crippen LogP contribution in [0.1, 0.15) is 69.4 Å². The van der Waals surface area contributed by atoms with Crippen LogP contribution in [-0.2, 0) is 10.8 Å². The number of hydrogen-bond donors (Lipinski definition) is 1. The molecule has 0 amide bonds. The highest BCUT2D eigenvalue weighted by molar-refractivity contribution is 5.71. The van der Waals surface area contributed by atoms with E-state index in [4.69, 9.17) is 0 Å². The number of benzene rings is 2. The van der Waals surface area contributed by atoms with E-state index in [2.05, 4.69) is 97.0 Å². The van der Waals surface area contributed by atoms with Crippen LogP contribution in [0.3, 0.4) is 0 Å². The molecular weight excluding hydrogens is 292 g/mol. The molecule has 0 aliphatic heterocycles.